The number of aromatic nitrogens is 2. The van der Waals surface area contributed by atoms with E-state index in [9.17, 15) is 9.59 Å². The summed E-state index contributed by atoms with van der Waals surface area (Å²) in [6, 6.07) is 14.6. The molecule has 8 heteroatoms. The smallest absolute Gasteiger partial charge is 0.338 e. The van der Waals surface area contributed by atoms with Crippen molar-refractivity contribution in [1.29, 1.82) is 0 Å². The molecule has 2 aromatic heterocycles. The van der Waals surface area contributed by atoms with Gasteiger partial charge in [-0.3, -0.25) is 9.36 Å². The normalized spacial score (nSPS) is 15.9. The SMILES string of the molecule is COc1ccc(C2C(C(=O)OC(C)C)=C(C)N=c3s/c(=C\c4c[nH]c5ccccc45)c(=O)n32)cc1. The Balaban J connectivity index is 1.72. The van der Waals surface area contributed by atoms with Crippen LogP contribution in [0.5, 0.6) is 5.75 Å². The molecular weight excluding hydrogens is 462 g/mol. The van der Waals surface area contributed by atoms with E-state index < -0.39 is 12.0 Å². The number of fused-ring (bicyclic) bond motifs is 2. The summed E-state index contributed by atoms with van der Waals surface area (Å²) in [6.07, 6.45) is 3.46. The van der Waals surface area contributed by atoms with Crippen LogP contribution in [0.25, 0.3) is 17.0 Å². The van der Waals surface area contributed by atoms with E-state index in [0.29, 0.717) is 26.4 Å². The first-order chi connectivity index (χ1) is 16.9. The van der Waals surface area contributed by atoms with Crippen molar-refractivity contribution < 1.29 is 14.3 Å². The van der Waals surface area contributed by atoms with Crippen molar-refractivity contribution in [2.75, 3.05) is 7.11 Å². The number of nitrogens with one attached hydrogen (secondary N) is 1. The van der Waals surface area contributed by atoms with Crippen molar-refractivity contribution in [3.63, 3.8) is 0 Å². The first kappa shape index (κ1) is 22.9. The maximum atomic E-state index is 13.8. The van der Waals surface area contributed by atoms with Gasteiger partial charge in [-0.15, -0.1) is 0 Å². The number of H-pyrrole nitrogens is 1. The van der Waals surface area contributed by atoms with Crippen molar-refractivity contribution in [2.45, 2.75) is 32.9 Å². The summed E-state index contributed by atoms with van der Waals surface area (Å²) < 4.78 is 13.0. The van der Waals surface area contributed by atoms with Crippen LogP contribution in [0.1, 0.15) is 37.9 Å². The minimum atomic E-state index is -0.659. The molecule has 0 saturated carbocycles. The number of rotatable bonds is 5. The molecule has 5 rings (SSSR count). The quantitative estimate of drug-likeness (QED) is 0.435. The van der Waals surface area contributed by atoms with Gasteiger partial charge < -0.3 is 14.5 Å². The topological polar surface area (TPSA) is 85.7 Å². The summed E-state index contributed by atoms with van der Waals surface area (Å²) in [5.74, 6) is 0.209. The second-order valence-corrected chi connectivity index (χ2v) is 9.61. The summed E-state index contributed by atoms with van der Waals surface area (Å²) in [5, 5.41) is 1.03. The lowest BCUT2D eigenvalue weighted by atomic mass is 9.96. The largest absolute Gasteiger partial charge is 0.497 e. The molecule has 0 spiro atoms. The molecule has 178 valence electrons. The average Bonchev–Trinajstić information content (AvgIpc) is 3.38. The second kappa shape index (κ2) is 9.03. The van der Waals surface area contributed by atoms with Crippen LogP contribution in [-0.2, 0) is 9.53 Å². The first-order valence-corrected chi connectivity index (χ1v) is 12.1. The maximum absolute atomic E-state index is 13.8. The minimum Gasteiger partial charge on any atom is -0.497 e. The van der Waals surface area contributed by atoms with Crippen LogP contribution in [0.2, 0.25) is 0 Å². The Labute approximate surface area is 205 Å². The van der Waals surface area contributed by atoms with E-state index in [-0.39, 0.29) is 11.7 Å². The number of methoxy groups -OCH3 is 1. The number of nitrogens with zero attached hydrogens (tertiary/aromatic N) is 2. The molecule has 0 fully saturated rings. The molecule has 3 heterocycles. The number of carbonyl (C=O) groups is 1. The van der Waals surface area contributed by atoms with Gasteiger partial charge in [-0.05, 0) is 50.6 Å². The van der Waals surface area contributed by atoms with Gasteiger partial charge in [-0.2, -0.15) is 0 Å². The number of ether oxygens (including phenoxy) is 2. The molecule has 1 aliphatic rings. The zero-order chi connectivity index (χ0) is 24.7. The Morgan fingerprint density at radius 1 is 1.17 bits per heavy atom. The Kier molecular flexibility index (Phi) is 5.90. The summed E-state index contributed by atoms with van der Waals surface area (Å²) >= 11 is 1.31. The third-order valence-electron chi connectivity index (χ3n) is 5.92. The molecule has 0 aliphatic carbocycles. The van der Waals surface area contributed by atoms with Gasteiger partial charge in [-0.25, -0.2) is 9.79 Å². The van der Waals surface area contributed by atoms with E-state index in [0.717, 1.165) is 22.0 Å². The minimum absolute atomic E-state index is 0.206. The lowest BCUT2D eigenvalue weighted by Crippen LogP contribution is -2.40. The number of benzene rings is 2. The third-order valence-corrected chi connectivity index (χ3v) is 6.91. The Bertz CT molecular complexity index is 1640. The molecule has 1 atom stereocenters. The van der Waals surface area contributed by atoms with E-state index in [4.69, 9.17) is 9.47 Å². The van der Waals surface area contributed by atoms with Gasteiger partial charge in [-0.1, -0.05) is 41.7 Å². The lowest BCUT2D eigenvalue weighted by Gasteiger charge is -2.25. The summed E-state index contributed by atoms with van der Waals surface area (Å²) in [5.41, 5.74) is 3.38. The maximum Gasteiger partial charge on any atom is 0.338 e. The van der Waals surface area contributed by atoms with E-state index in [1.54, 1.807) is 32.4 Å². The van der Waals surface area contributed by atoms with Gasteiger partial charge in [0.2, 0.25) is 0 Å². The number of hydrogen-bond acceptors (Lipinski definition) is 6. The molecule has 35 heavy (non-hydrogen) atoms. The van der Waals surface area contributed by atoms with E-state index >= 15 is 0 Å². The van der Waals surface area contributed by atoms with Crippen LogP contribution in [0, 0.1) is 0 Å². The zero-order valence-electron chi connectivity index (χ0n) is 19.9. The number of thiazole rings is 1. The van der Waals surface area contributed by atoms with Crippen LogP contribution < -0.4 is 19.6 Å². The number of allylic oxidation sites excluding steroid dienone is 1. The summed E-state index contributed by atoms with van der Waals surface area (Å²) in [7, 11) is 1.60. The molecule has 1 unspecified atom stereocenters. The van der Waals surface area contributed by atoms with Gasteiger partial charge in [0.15, 0.2) is 4.80 Å². The fourth-order valence-electron chi connectivity index (χ4n) is 4.32. The molecule has 0 amide bonds. The molecule has 1 aliphatic heterocycles. The van der Waals surface area contributed by atoms with E-state index in [1.807, 2.05) is 60.8 Å². The monoisotopic (exact) mass is 487 g/mol. The molecule has 1 N–H and O–H groups in total. The molecule has 0 bridgehead atoms. The Morgan fingerprint density at radius 2 is 1.91 bits per heavy atom. The number of esters is 1. The molecule has 0 saturated heterocycles. The van der Waals surface area contributed by atoms with Crippen LogP contribution >= 0.6 is 11.3 Å². The van der Waals surface area contributed by atoms with Gasteiger partial charge in [0.1, 0.15) is 5.75 Å². The number of aromatic amines is 1. The molecule has 4 aromatic rings. The van der Waals surface area contributed by atoms with Crippen molar-refractivity contribution in [1.82, 2.24) is 9.55 Å². The average molecular weight is 488 g/mol. The Morgan fingerprint density at radius 3 is 2.63 bits per heavy atom. The van der Waals surface area contributed by atoms with Gasteiger partial charge in [0.25, 0.3) is 5.56 Å². The van der Waals surface area contributed by atoms with Crippen LogP contribution in [0.4, 0.5) is 0 Å². The van der Waals surface area contributed by atoms with Crippen LogP contribution in [-0.4, -0.2) is 28.7 Å². The summed E-state index contributed by atoms with van der Waals surface area (Å²) in [4.78, 5) is 35.4. The molecule has 2 aromatic carbocycles. The highest BCUT2D eigenvalue weighted by atomic mass is 32.1. The number of para-hydroxylation sites is 1. The molecule has 0 radical (unpaired) electrons. The zero-order valence-corrected chi connectivity index (χ0v) is 20.7. The predicted molar refractivity (Wildman–Crippen MR) is 136 cm³/mol. The highest BCUT2D eigenvalue weighted by Gasteiger charge is 2.33. The van der Waals surface area contributed by atoms with Gasteiger partial charge in [0.05, 0.1) is 35.1 Å². The number of hydrogen-bond donors (Lipinski definition) is 1. The predicted octanol–water partition coefficient (Wildman–Crippen LogP) is 3.68. The number of carbonyl (C=O) groups excluding carboxylic acids is 1. The lowest BCUT2D eigenvalue weighted by molar-refractivity contribution is -0.143. The van der Waals surface area contributed by atoms with Crippen LogP contribution in [0.15, 0.2) is 75.8 Å². The second-order valence-electron chi connectivity index (χ2n) is 8.60. The third kappa shape index (κ3) is 4.10. The van der Waals surface area contributed by atoms with E-state index in [2.05, 4.69) is 9.98 Å². The Hall–Kier alpha value is -3.91. The first-order valence-electron chi connectivity index (χ1n) is 11.3. The summed E-state index contributed by atoms with van der Waals surface area (Å²) in [6.45, 7) is 5.38. The fourth-order valence-corrected chi connectivity index (χ4v) is 5.35. The van der Waals surface area contributed by atoms with E-state index in [1.165, 1.54) is 11.3 Å². The van der Waals surface area contributed by atoms with Gasteiger partial charge in [0, 0.05) is 22.7 Å². The van der Waals surface area contributed by atoms with Crippen molar-refractivity contribution in [2.24, 2.45) is 4.99 Å². The fraction of sp³-hybridized carbons (Fsp3) is 0.222. The molecular formula is C27H25N3O4S. The standard InChI is InChI=1S/C27H25N3O4S/c1-15(2)34-26(32)23-16(3)29-27-30(24(23)17-9-11-19(33-4)12-10-17)25(31)22(35-27)13-18-14-28-21-8-6-5-7-20(18)21/h5-15,24,28H,1-4H3/b22-13-. The van der Waals surface area contributed by atoms with Crippen molar-refractivity contribution >= 4 is 34.3 Å². The molecule has 7 nitrogen and oxygen atoms in total. The van der Waals surface area contributed by atoms with Crippen molar-refractivity contribution in [3.8, 4) is 5.75 Å². The van der Waals surface area contributed by atoms with Crippen molar-refractivity contribution in [3.05, 3.63) is 96.8 Å². The highest BCUT2D eigenvalue weighted by Crippen LogP contribution is 2.32. The van der Waals surface area contributed by atoms with Crippen LogP contribution in [0.3, 0.4) is 0 Å². The van der Waals surface area contributed by atoms with Gasteiger partial charge >= 0.3 is 5.97 Å². The highest BCUT2D eigenvalue weighted by molar-refractivity contribution is 7.07.